The number of carboxylic acids is 2. The van der Waals surface area contributed by atoms with Gasteiger partial charge < -0.3 is 38.6 Å². The summed E-state index contributed by atoms with van der Waals surface area (Å²) in [6.07, 6.45) is 3.21. The fourth-order valence-corrected chi connectivity index (χ4v) is 11.0. The van der Waals surface area contributed by atoms with Crippen molar-refractivity contribution in [3.8, 4) is 0 Å². The zero-order valence-electron chi connectivity index (χ0n) is 28.6. The molecule has 0 aromatic heterocycles. The normalized spacial score (nSPS) is 27.0. The highest BCUT2D eigenvalue weighted by molar-refractivity contribution is 6.66. The van der Waals surface area contributed by atoms with E-state index in [9.17, 15) is 29.4 Å². The van der Waals surface area contributed by atoms with Crippen molar-refractivity contribution in [1.82, 2.24) is 10.6 Å². The Morgan fingerprint density at radius 3 is 1.00 bits per heavy atom. The summed E-state index contributed by atoms with van der Waals surface area (Å²) in [6.45, 7) is 19.3. The molecule has 256 valence electrons. The molecule has 0 aliphatic heterocycles. The highest BCUT2D eigenvalue weighted by atomic mass is 28.4. The molecule has 1 aliphatic carbocycles. The summed E-state index contributed by atoms with van der Waals surface area (Å²) in [5.41, 5.74) is -8.07. The molecule has 4 unspecified atom stereocenters. The molecule has 1 fully saturated rings. The Morgan fingerprint density at radius 1 is 0.545 bits per heavy atom. The first kappa shape index (κ1) is 40.2. The Labute approximate surface area is 265 Å². The van der Waals surface area contributed by atoms with Crippen molar-refractivity contribution in [1.29, 1.82) is 0 Å². The van der Waals surface area contributed by atoms with Crippen LogP contribution in [0.2, 0.25) is 25.2 Å². The molecule has 1 saturated carbocycles. The quantitative estimate of drug-likeness (QED) is 0.123. The largest absolute Gasteiger partial charge is 0.481 e. The summed E-state index contributed by atoms with van der Waals surface area (Å²) >= 11 is 0. The van der Waals surface area contributed by atoms with Crippen LogP contribution in [0, 0.1) is 21.7 Å². The molecule has 2 amide bonds. The molecule has 1 rings (SSSR count). The van der Waals surface area contributed by atoms with Crippen LogP contribution in [-0.4, -0.2) is 90.6 Å². The van der Waals surface area contributed by atoms with Crippen LogP contribution in [-0.2, 0) is 36.9 Å². The van der Waals surface area contributed by atoms with Gasteiger partial charge in [-0.15, -0.1) is 0 Å². The van der Waals surface area contributed by atoms with Crippen LogP contribution in [0.1, 0.15) is 81.1 Å². The summed E-state index contributed by atoms with van der Waals surface area (Å²) in [4.78, 5) is 53.7. The molecule has 0 aromatic carbocycles. The first-order valence-corrected chi connectivity index (χ1v) is 21.0. The Morgan fingerprint density at radius 2 is 0.795 bits per heavy atom. The minimum absolute atomic E-state index is 0.120. The molecule has 1 aliphatic rings. The average molecular weight is 663 g/mol. The average Bonchev–Trinajstić information content (AvgIpc) is 2.98. The van der Waals surface area contributed by atoms with E-state index in [-0.39, 0.29) is 13.1 Å². The van der Waals surface area contributed by atoms with E-state index in [0.29, 0.717) is 38.5 Å². The molecule has 0 saturated heterocycles. The lowest BCUT2D eigenvalue weighted by Crippen LogP contribution is -2.86. The van der Waals surface area contributed by atoms with Gasteiger partial charge >= 0.3 is 29.1 Å². The van der Waals surface area contributed by atoms with Gasteiger partial charge in [0.1, 0.15) is 0 Å². The Kier molecular flexibility index (Phi) is 14.7. The second-order valence-corrected chi connectivity index (χ2v) is 19.5. The lowest BCUT2D eigenvalue weighted by Gasteiger charge is -2.72. The third-order valence-electron chi connectivity index (χ3n) is 9.94. The number of aliphatic carboxylic acids is 2. The molecule has 4 N–H and O–H groups in total. The summed E-state index contributed by atoms with van der Waals surface area (Å²) in [7, 11) is -5.30. The smallest absolute Gasteiger partial charge is 0.336 e. The number of carbonyl (C=O) groups excluding carboxylic acids is 2. The van der Waals surface area contributed by atoms with E-state index in [1.807, 2.05) is 40.8 Å². The number of hydrogen-bond donors (Lipinski definition) is 4. The first-order valence-electron chi connectivity index (χ1n) is 16.0. The van der Waals surface area contributed by atoms with Crippen LogP contribution < -0.4 is 10.6 Å². The molecular formula is C30H58N2O10Si2. The van der Waals surface area contributed by atoms with Crippen molar-refractivity contribution < 1.29 is 47.1 Å². The third-order valence-corrected chi connectivity index (χ3v) is 15.5. The maximum absolute atomic E-state index is 14.0. The monoisotopic (exact) mass is 662 g/mol. The van der Waals surface area contributed by atoms with E-state index in [1.54, 1.807) is 0 Å². The van der Waals surface area contributed by atoms with Crippen LogP contribution in [0.3, 0.4) is 0 Å². The maximum atomic E-state index is 14.0. The van der Waals surface area contributed by atoms with Crippen LogP contribution in [0.25, 0.3) is 0 Å². The van der Waals surface area contributed by atoms with Gasteiger partial charge in [0.15, 0.2) is 0 Å². The topological polar surface area (TPSA) is 170 Å². The van der Waals surface area contributed by atoms with Crippen molar-refractivity contribution in [2.45, 2.75) is 106 Å². The molecule has 44 heavy (non-hydrogen) atoms. The number of carbonyl (C=O) groups is 4. The third kappa shape index (κ3) is 7.25. The SMILES string of the molecule is CCCO[Si](C)(CCNC(=O)C1(C)C(C)(C(=O)O)C(C)(C(=O)O)C1(C)C(=O)NCC[Si](C)(OCCC)OCCC)OCCC. The van der Waals surface area contributed by atoms with Crippen LogP contribution in [0.5, 0.6) is 0 Å². The summed E-state index contributed by atoms with van der Waals surface area (Å²) in [5, 5.41) is 26.5. The van der Waals surface area contributed by atoms with E-state index >= 15 is 0 Å². The van der Waals surface area contributed by atoms with E-state index < -0.39 is 62.5 Å². The van der Waals surface area contributed by atoms with Crippen molar-refractivity contribution in [3.05, 3.63) is 0 Å². The summed E-state index contributed by atoms with van der Waals surface area (Å²) in [6, 6.07) is 0.799. The molecule has 4 atom stereocenters. The number of carboxylic acid groups (broad SMARTS) is 2. The van der Waals surface area contributed by atoms with Gasteiger partial charge in [0.2, 0.25) is 11.8 Å². The lowest BCUT2D eigenvalue weighted by atomic mass is 9.25. The van der Waals surface area contributed by atoms with Crippen molar-refractivity contribution in [3.63, 3.8) is 0 Å². The van der Waals surface area contributed by atoms with Gasteiger partial charge in [-0.2, -0.15) is 0 Å². The molecule has 0 aromatic rings. The Bertz CT molecular complexity index is 922. The number of nitrogens with one attached hydrogen (secondary N) is 2. The van der Waals surface area contributed by atoms with Gasteiger partial charge in [-0.05, 0) is 66.5 Å². The predicted octanol–water partition coefficient (Wildman–Crippen LogP) is 4.28. The van der Waals surface area contributed by atoms with Gasteiger partial charge in [0.25, 0.3) is 0 Å². The van der Waals surface area contributed by atoms with Crippen molar-refractivity contribution >= 4 is 40.9 Å². The number of amides is 2. The van der Waals surface area contributed by atoms with Gasteiger partial charge in [0, 0.05) is 51.6 Å². The lowest BCUT2D eigenvalue weighted by molar-refractivity contribution is -0.281. The van der Waals surface area contributed by atoms with Crippen LogP contribution in [0.15, 0.2) is 0 Å². The van der Waals surface area contributed by atoms with Crippen molar-refractivity contribution in [2.75, 3.05) is 39.5 Å². The van der Waals surface area contributed by atoms with E-state index in [2.05, 4.69) is 10.6 Å². The predicted molar refractivity (Wildman–Crippen MR) is 172 cm³/mol. The molecular weight excluding hydrogens is 605 g/mol. The molecule has 12 nitrogen and oxygen atoms in total. The fourth-order valence-electron chi connectivity index (χ4n) is 6.50. The zero-order valence-corrected chi connectivity index (χ0v) is 30.6. The molecule has 14 heteroatoms. The second-order valence-electron chi connectivity index (χ2n) is 12.8. The van der Waals surface area contributed by atoms with E-state index in [4.69, 9.17) is 17.7 Å². The van der Waals surface area contributed by atoms with Gasteiger partial charge in [-0.25, -0.2) is 0 Å². The van der Waals surface area contributed by atoms with E-state index in [0.717, 1.165) is 25.7 Å². The van der Waals surface area contributed by atoms with Crippen LogP contribution in [0.4, 0.5) is 0 Å². The molecule has 0 bridgehead atoms. The summed E-state index contributed by atoms with van der Waals surface area (Å²) in [5.74, 6) is -4.36. The highest BCUT2D eigenvalue weighted by Crippen LogP contribution is 2.78. The van der Waals surface area contributed by atoms with Gasteiger partial charge in [-0.3, -0.25) is 19.2 Å². The maximum Gasteiger partial charge on any atom is 0.336 e. The standard InChI is InChI=1S/C30H58N2O10Si2/c1-11-17-39-43(9,40-18-12-2)21-15-31-23(33)27(5)28(6,30(8,26(37)38)29(27,7)25(35)36)24(34)32-16-22-44(10,41-19-13-3)42-20-14-4/h11-22H2,1-10H3,(H,31,33)(H,32,34)(H,35,36)(H,37,38). The Hall–Kier alpha value is -1.85. The molecule has 0 heterocycles. The minimum Gasteiger partial charge on any atom is -0.481 e. The highest BCUT2D eigenvalue weighted by Gasteiger charge is 2.90. The first-order chi connectivity index (χ1) is 20.4. The number of hydrogen-bond acceptors (Lipinski definition) is 8. The van der Waals surface area contributed by atoms with Gasteiger partial charge in [0.05, 0.1) is 21.7 Å². The van der Waals surface area contributed by atoms with Crippen LogP contribution >= 0.6 is 0 Å². The Balaban J connectivity index is 3.37. The fraction of sp³-hybridized carbons (Fsp3) is 0.867. The number of rotatable bonds is 22. The minimum atomic E-state index is -2.65. The van der Waals surface area contributed by atoms with Gasteiger partial charge in [-0.1, -0.05) is 27.7 Å². The zero-order chi connectivity index (χ0) is 34.0. The second kappa shape index (κ2) is 16.1. The molecule has 0 spiro atoms. The van der Waals surface area contributed by atoms with E-state index in [1.165, 1.54) is 27.7 Å². The van der Waals surface area contributed by atoms with Crippen molar-refractivity contribution in [2.24, 2.45) is 21.7 Å². The summed E-state index contributed by atoms with van der Waals surface area (Å²) < 4.78 is 24.2. The molecule has 0 radical (unpaired) electrons.